The fourth-order valence-corrected chi connectivity index (χ4v) is 3.66. The largest absolute Gasteiger partial charge is 0.416 e. The van der Waals surface area contributed by atoms with E-state index in [-0.39, 0.29) is 18.7 Å². The van der Waals surface area contributed by atoms with Crippen LogP contribution in [0.5, 0.6) is 0 Å². The van der Waals surface area contributed by atoms with Crippen LogP contribution in [-0.2, 0) is 11.0 Å². The minimum absolute atomic E-state index is 0.0425. The number of carbonyl (C=O) groups excluding carboxylic acids is 1. The number of aromatic nitrogens is 2. The average Bonchev–Trinajstić information content (AvgIpc) is 2.78. The number of carbonyl (C=O) groups is 1. The second-order valence-corrected chi connectivity index (χ2v) is 8.14. The van der Waals surface area contributed by atoms with E-state index in [4.69, 9.17) is 0 Å². The summed E-state index contributed by atoms with van der Waals surface area (Å²) >= 11 is 3.45. The molecule has 9 heteroatoms. The third-order valence-electron chi connectivity index (χ3n) is 4.80. The number of rotatable bonds is 6. The molecule has 0 saturated heterocycles. The highest BCUT2D eigenvalue weighted by Gasteiger charge is 2.30. The van der Waals surface area contributed by atoms with Gasteiger partial charge in [0.15, 0.2) is 5.82 Å². The van der Waals surface area contributed by atoms with Gasteiger partial charge in [-0.1, -0.05) is 46.3 Å². The molecule has 0 fully saturated rings. The van der Waals surface area contributed by atoms with Crippen molar-refractivity contribution in [2.24, 2.45) is 0 Å². The molecule has 168 valence electrons. The molecule has 0 radical (unpaired) electrons. The first-order valence-electron chi connectivity index (χ1n) is 10.0. The van der Waals surface area contributed by atoms with Gasteiger partial charge in [0.05, 0.1) is 11.1 Å². The number of hydrogen-bond acceptors (Lipinski definition) is 4. The van der Waals surface area contributed by atoms with Gasteiger partial charge in [0, 0.05) is 34.1 Å². The summed E-state index contributed by atoms with van der Waals surface area (Å²) in [7, 11) is 0. The summed E-state index contributed by atoms with van der Waals surface area (Å²) in [5.41, 5.74) is 0.865. The van der Waals surface area contributed by atoms with Crippen molar-refractivity contribution in [3.05, 3.63) is 82.8 Å². The third kappa shape index (κ3) is 5.67. The van der Waals surface area contributed by atoms with E-state index in [2.05, 4.69) is 36.5 Å². The number of benzene rings is 3. The number of para-hydroxylation sites is 1. The summed E-state index contributed by atoms with van der Waals surface area (Å²) in [6.45, 7) is 0.240. The molecule has 4 aromatic rings. The molecule has 0 aliphatic rings. The molecular formula is C24H18BrF3N4O. The van der Waals surface area contributed by atoms with Crippen molar-refractivity contribution in [2.75, 3.05) is 17.2 Å². The minimum Gasteiger partial charge on any atom is -0.369 e. The SMILES string of the molecule is O=C(CCNc1nc(-c2cccc(Br)c2)nc2ccccc12)Nc1cccc(C(F)(F)F)c1. The Morgan fingerprint density at radius 3 is 2.52 bits per heavy atom. The van der Waals surface area contributed by atoms with Gasteiger partial charge in [-0.3, -0.25) is 4.79 Å². The minimum atomic E-state index is -4.47. The van der Waals surface area contributed by atoms with E-state index in [0.717, 1.165) is 33.1 Å². The maximum Gasteiger partial charge on any atom is 0.416 e. The standard InChI is InChI=1S/C24H18BrF3N4O/c25-17-7-3-5-15(13-17)22-31-20-10-2-1-9-19(20)23(32-22)29-12-11-21(33)30-18-8-4-6-16(14-18)24(26,27)28/h1-10,13-14H,11-12H2,(H,30,33)(H,29,31,32). The van der Waals surface area contributed by atoms with Gasteiger partial charge in [0.25, 0.3) is 0 Å². The van der Waals surface area contributed by atoms with Gasteiger partial charge in [-0.25, -0.2) is 9.97 Å². The van der Waals surface area contributed by atoms with Crippen molar-refractivity contribution < 1.29 is 18.0 Å². The quantitative estimate of drug-likeness (QED) is 0.307. The van der Waals surface area contributed by atoms with E-state index in [0.29, 0.717) is 11.6 Å². The molecule has 0 atom stereocenters. The van der Waals surface area contributed by atoms with Crippen LogP contribution in [0, 0.1) is 0 Å². The van der Waals surface area contributed by atoms with Crippen LogP contribution in [0.1, 0.15) is 12.0 Å². The van der Waals surface area contributed by atoms with Gasteiger partial charge in [-0.15, -0.1) is 0 Å². The van der Waals surface area contributed by atoms with Gasteiger partial charge in [-0.05, 0) is 42.5 Å². The van der Waals surface area contributed by atoms with Gasteiger partial charge in [0.1, 0.15) is 5.82 Å². The van der Waals surface area contributed by atoms with E-state index in [1.165, 1.54) is 12.1 Å². The van der Waals surface area contributed by atoms with Crippen LogP contribution in [-0.4, -0.2) is 22.4 Å². The fourth-order valence-electron chi connectivity index (χ4n) is 3.26. The summed E-state index contributed by atoms with van der Waals surface area (Å²) in [6.07, 6.45) is -4.43. The maximum atomic E-state index is 12.9. The van der Waals surface area contributed by atoms with E-state index in [1.54, 1.807) is 0 Å². The van der Waals surface area contributed by atoms with Crippen LogP contribution in [0.15, 0.2) is 77.3 Å². The van der Waals surface area contributed by atoms with Crippen molar-refractivity contribution in [1.82, 2.24) is 9.97 Å². The van der Waals surface area contributed by atoms with Crippen LogP contribution in [0.3, 0.4) is 0 Å². The fraction of sp³-hybridized carbons (Fsp3) is 0.125. The molecule has 0 saturated carbocycles. The lowest BCUT2D eigenvalue weighted by Crippen LogP contribution is -2.17. The van der Waals surface area contributed by atoms with E-state index < -0.39 is 17.6 Å². The first-order valence-corrected chi connectivity index (χ1v) is 10.8. The lowest BCUT2D eigenvalue weighted by atomic mass is 10.2. The first kappa shape index (κ1) is 22.7. The van der Waals surface area contributed by atoms with Crippen LogP contribution in [0.4, 0.5) is 24.7 Å². The van der Waals surface area contributed by atoms with Crippen LogP contribution < -0.4 is 10.6 Å². The molecule has 3 aromatic carbocycles. The van der Waals surface area contributed by atoms with E-state index in [9.17, 15) is 18.0 Å². The number of anilines is 2. The number of fused-ring (bicyclic) bond motifs is 1. The zero-order valence-electron chi connectivity index (χ0n) is 17.2. The summed E-state index contributed by atoms with van der Waals surface area (Å²) in [4.78, 5) is 21.5. The van der Waals surface area contributed by atoms with Crippen LogP contribution >= 0.6 is 15.9 Å². The molecule has 0 aliphatic heterocycles. The topological polar surface area (TPSA) is 66.9 Å². The van der Waals surface area contributed by atoms with E-state index in [1.807, 2.05) is 48.5 Å². The summed E-state index contributed by atoms with van der Waals surface area (Å²) < 4.78 is 39.5. The Morgan fingerprint density at radius 1 is 0.939 bits per heavy atom. The lowest BCUT2D eigenvalue weighted by Gasteiger charge is -2.12. The van der Waals surface area contributed by atoms with Crippen molar-refractivity contribution in [3.8, 4) is 11.4 Å². The molecule has 0 unspecified atom stereocenters. The molecule has 33 heavy (non-hydrogen) atoms. The Morgan fingerprint density at radius 2 is 1.73 bits per heavy atom. The molecule has 0 bridgehead atoms. The number of halogens is 4. The molecule has 2 N–H and O–H groups in total. The number of nitrogens with one attached hydrogen (secondary N) is 2. The molecule has 1 amide bonds. The molecule has 1 heterocycles. The number of alkyl halides is 3. The molecule has 0 spiro atoms. The zero-order chi connectivity index (χ0) is 23.4. The Kier molecular flexibility index (Phi) is 6.60. The zero-order valence-corrected chi connectivity index (χ0v) is 18.7. The second kappa shape index (κ2) is 9.58. The predicted molar refractivity (Wildman–Crippen MR) is 126 cm³/mol. The normalized spacial score (nSPS) is 11.4. The van der Waals surface area contributed by atoms with Crippen molar-refractivity contribution >= 4 is 44.2 Å². The Balaban J connectivity index is 1.47. The van der Waals surface area contributed by atoms with Crippen LogP contribution in [0.25, 0.3) is 22.3 Å². The number of amides is 1. The maximum absolute atomic E-state index is 12.9. The van der Waals surface area contributed by atoms with Crippen LogP contribution in [0.2, 0.25) is 0 Å². The van der Waals surface area contributed by atoms with Crippen molar-refractivity contribution in [3.63, 3.8) is 0 Å². The molecule has 4 rings (SSSR count). The highest BCUT2D eigenvalue weighted by molar-refractivity contribution is 9.10. The summed E-state index contributed by atoms with van der Waals surface area (Å²) in [6, 6.07) is 19.7. The highest BCUT2D eigenvalue weighted by atomic mass is 79.9. The van der Waals surface area contributed by atoms with Gasteiger partial charge in [0.2, 0.25) is 5.91 Å². The van der Waals surface area contributed by atoms with Gasteiger partial charge in [-0.2, -0.15) is 13.2 Å². The smallest absolute Gasteiger partial charge is 0.369 e. The average molecular weight is 515 g/mol. The van der Waals surface area contributed by atoms with Gasteiger partial charge < -0.3 is 10.6 Å². The number of nitrogens with zero attached hydrogens (tertiary/aromatic N) is 2. The Bertz CT molecular complexity index is 1310. The molecule has 0 aliphatic carbocycles. The Labute approximate surface area is 196 Å². The van der Waals surface area contributed by atoms with Crippen molar-refractivity contribution in [1.29, 1.82) is 0 Å². The molecule has 1 aromatic heterocycles. The third-order valence-corrected chi connectivity index (χ3v) is 5.30. The Hall–Kier alpha value is -3.46. The monoisotopic (exact) mass is 514 g/mol. The molecular weight excluding hydrogens is 497 g/mol. The first-order chi connectivity index (χ1) is 15.8. The lowest BCUT2D eigenvalue weighted by molar-refractivity contribution is -0.137. The highest BCUT2D eigenvalue weighted by Crippen LogP contribution is 2.31. The molecule has 5 nitrogen and oxygen atoms in total. The second-order valence-electron chi connectivity index (χ2n) is 7.23. The summed E-state index contributed by atoms with van der Waals surface area (Å²) in [5, 5.41) is 6.47. The number of hydrogen-bond donors (Lipinski definition) is 2. The van der Waals surface area contributed by atoms with Crippen molar-refractivity contribution in [2.45, 2.75) is 12.6 Å². The summed E-state index contributed by atoms with van der Waals surface area (Å²) in [5.74, 6) is 0.695. The van der Waals surface area contributed by atoms with E-state index >= 15 is 0 Å². The van der Waals surface area contributed by atoms with Gasteiger partial charge >= 0.3 is 6.18 Å². The predicted octanol–water partition coefficient (Wildman–Crippen LogP) is 6.52.